The van der Waals surface area contributed by atoms with Gasteiger partial charge in [-0.15, -0.1) is 0 Å². The molecule has 2 nitrogen and oxygen atoms in total. The van der Waals surface area contributed by atoms with Gasteiger partial charge in [0, 0.05) is 9.30 Å². The predicted molar refractivity (Wildman–Crippen MR) is 89.1 cm³/mol. The van der Waals surface area contributed by atoms with Gasteiger partial charge in [-0.05, 0) is 35.7 Å². The van der Waals surface area contributed by atoms with E-state index in [9.17, 15) is 0 Å². The number of halogens is 2. The first-order valence-electron chi connectivity index (χ1n) is 6.25. The highest BCUT2D eigenvalue weighted by Crippen LogP contribution is 2.34. The van der Waals surface area contributed by atoms with Crippen LogP contribution < -0.4 is 9.47 Å². The molecule has 0 saturated heterocycles. The third-order valence-electron chi connectivity index (χ3n) is 3.11. The number of ether oxygens (including phenoxy) is 2. The summed E-state index contributed by atoms with van der Waals surface area (Å²) in [4.78, 5) is 0.246. The van der Waals surface area contributed by atoms with Gasteiger partial charge in [0.2, 0.25) is 0 Å². The molecule has 20 heavy (non-hydrogen) atoms. The maximum absolute atomic E-state index is 5.34. The minimum atomic E-state index is 0.246. The van der Waals surface area contributed by atoms with Crippen molar-refractivity contribution in [3.05, 3.63) is 58.1 Å². The highest BCUT2D eigenvalue weighted by molar-refractivity contribution is 9.11. The monoisotopic (exact) mass is 398 g/mol. The van der Waals surface area contributed by atoms with Gasteiger partial charge in [0.1, 0.15) is 0 Å². The zero-order chi connectivity index (χ0) is 14.5. The van der Waals surface area contributed by atoms with Crippen LogP contribution in [-0.2, 0) is 6.42 Å². The van der Waals surface area contributed by atoms with Crippen molar-refractivity contribution in [1.29, 1.82) is 0 Å². The molecule has 4 heteroatoms. The van der Waals surface area contributed by atoms with Crippen LogP contribution in [0, 0.1) is 0 Å². The summed E-state index contributed by atoms with van der Waals surface area (Å²) in [6, 6.07) is 14.2. The minimum absolute atomic E-state index is 0.246. The molecule has 2 rings (SSSR count). The van der Waals surface area contributed by atoms with E-state index in [4.69, 9.17) is 9.47 Å². The van der Waals surface area contributed by atoms with E-state index in [0.717, 1.165) is 22.4 Å². The molecule has 0 aliphatic carbocycles. The van der Waals surface area contributed by atoms with Crippen molar-refractivity contribution < 1.29 is 9.47 Å². The van der Waals surface area contributed by atoms with E-state index in [1.807, 2.05) is 24.3 Å². The molecule has 0 bridgehead atoms. The Hall–Kier alpha value is -1.00. The van der Waals surface area contributed by atoms with Crippen molar-refractivity contribution >= 4 is 31.9 Å². The van der Waals surface area contributed by atoms with Gasteiger partial charge in [-0.25, -0.2) is 0 Å². The molecule has 1 unspecified atom stereocenters. The normalized spacial score (nSPS) is 12.0. The van der Waals surface area contributed by atoms with Crippen molar-refractivity contribution in [3.8, 4) is 11.5 Å². The molecular weight excluding hydrogens is 384 g/mol. The molecule has 0 spiro atoms. The molecule has 1 atom stereocenters. The molecule has 0 fully saturated rings. The van der Waals surface area contributed by atoms with Gasteiger partial charge in [0.05, 0.1) is 14.2 Å². The molecule has 0 radical (unpaired) electrons. The average molecular weight is 400 g/mol. The van der Waals surface area contributed by atoms with Gasteiger partial charge in [0.15, 0.2) is 11.5 Å². The van der Waals surface area contributed by atoms with Crippen LogP contribution >= 0.6 is 31.9 Å². The summed E-state index contributed by atoms with van der Waals surface area (Å²) in [6.45, 7) is 0. The topological polar surface area (TPSA) is 18.5 Å². The zero-order valence-corrected chi connectivity index (χ0v) is 14.6. The fourth-order valence-electron chi connectivity index (χ4n) is 2.05. The highest BCUT2D eigenvalue weighted by atomic mass is 79.9. The lowest BCUT2D eigenvalue weighted by atomic mass is 10.0. The summed E-state index contributed by atoms with van der Waals surface area (Å²) in [5.41, 5.74) is 2.43. The Morgan fingerprint density at radius 1 is 1.00 bits per heavy atom. The van der Waals surface area contributed by atoms with Gasteiger partial charge >= 0.3 is 0 Å². The SMILES string of the molecule is COc1ccc(CC(Br)c2ccccc2Br)cc1OC. The third-order valence-corrected chi connectivity index (χ3v) is 4.64. The summed E-state index contributed by atoms with van der Waals surface area (Å²) in [5.74, 6) is 1.51. The lowest BCUT2D eigenvalue weighted by molar-refractivity contribution is 0.354. The fourth-order valence-corrected chi connectivity index (χ4v) is 3.69. The van der Waals surface area contributed by atoms with Crippen molar-refractivity contribution in [2.75, 3.05) is 14.2 Å². The van der Waals surface area contributed by atoms with E-state index in [1.165, 1.54) is 11.1 Å². The van der Waals surface area contributed by atoms with Crippen LogP contribution in [-0.4, -0.2) is 14.2 Å². The van der Waals surface area contributed by atoms with E-state index in [2.05, 4.69) is 50.1 Å². The summed E-state index contributed by atoms with van der Waals surface area (Å²) >= 11 is 7.34. The summed E-state index contributed by atoms with van der Waals surface area (Å²) in [6.07, 6.45) is 0.878. The molecule has 0 aliphatic heterocycles. The first-order chi connectivity index (χ1) is 9.65. The lowest BCUT2D eigenvalue weighted by Crippen LogP contribution is -1.98. The summed E-state index contributed by atoms with van der Waals surface area (Å²) < 4.78 is 11.7. The Morgan fingerprint density at radius 2 is 1.70 bits per heavy atom. The number of methoxy groups -OCH3 is 2. The van der Waals surface area contributed by atoms with Crippen LogP contribution in [0.15, 0.2) is 46.9 Å². The van der Waals surface area contributed by atoms with Crippen LogP contribution in [0.1, 0.15) is 16.0 Å². The van der Waals surface area contributed by atoms with Gasteiger partial charge in [-0.1, -0.05) is 56.1 Å². The first-order valence-corrected chi connectivity index (χ1v) is 7.96. The number of hydrogen-bond acceptors (Lipinski definition) is 2. The molecule has 0 N–H and O–H groups in total. The summed E-state index contributed by atoms with van der Waals surface area (Å²) in [7, 11) is 3.30. The van der Waals surface area contributed by atoms with E-state index in [1.54, 1.807) is 14.2 Å². The smallest absolute Gasteiger partial charge is 0.160 e. The highest BCUT2D eigenvalue weighted by Gasteiger charge is 2.13. The quantitative estimate of drug-likeness (QED) is 0.647. The van der Waals surface area contributed by atoms with Gasteiger partial charge in [-0.2, -0.15) is 0 Å². The second-order valence-corrected chi connectivity index (χ2v) is 6.34. The number of hydrogen-bond donors (Lipinski definition) is 0. The van der Waals surface area contributed by atoms with Crippen LogP contribution in [0.2, 0.25) is 0 Å². The fraction of sp³-hybridized carbons (Fsp3) is 0.250. The standard InChI is InChI=1S/C16H16Br2O2/c1-19-15-8-7-11(10-16(15)20-2)9-14(18)12-5-3-4-6-13(12)17/h3-8,10,14H,9H2,1-2H3. The van der Waals surface area contributed by atoms with Crippen molar-refractivity contribution in [3.63, 3.8) is 0 Å². The molecule has 0 amide bonds. The predicted octanol–water partition coefficient (Wildman–Crippen LogP) is 5.15. The largest absolute Gasteiger partial charge is 0.493 e. The van der Waals surface area contributed by atoms with Crippen LogP contribution in [0.4, 0.5) is 0 Å². The third kappa shape index (κ3) is 3.55. The van der Waals surface area contributed by atoms with Gasteiger partial charge in [-0.3, -0.25) is 0 Å². The minimum Gasteiger partial charge on any atom is -0.493 e. The zero-order valence-electron chi connectivity index (χ0n) is 11.4. The lowest BCUT2D eigenvalue weighted by Gasteiger charge is -2.14. The average Bonchev–Trinajstić information content (AvgIpc) is 2.47. The molecule has 0 aliphatic rings. The van der Waals surface area contributed by atoms with E-state index in [-0.39, 0.29) is 4.83 Å². The van der Waals surface area contributed by atoms with E-state index < -0.39 is 0 Å². The molecule has 2 aromatic rings. The Morgan fingerprint density at radius 3 is 2.35 bits per heavy atom. The Balaban J connectivity index is 2.20. The number of benzene rings is 2. The first kappa shape index (κ1) is 15.4. The van der Waals surface area contributed by atoms with Crippen LogP contribution in [0.5, 0.6) is 11.5 Å². The summed E-state index contributed by atoms with van der Waals surface area (Å²) in [5, 5.41) is 0. The molecule has 0 aromatic heterocycles. The molecular formula is C16H16Br2O2. The molecule has 0 saturated carbocycles. The second kappa shape index (κ2) is 7.14. The maximum Gasteiger partial charge on any atom is 0.160 e. The van der Waals surface area contributed by atoms with E-state index in [0.29, 0.717) is 0 Å². The van der Waals surface area contributed by atoms with Crippen LogP contribution in [0.25, 0.3) is 0 Å². The molecule has 106 valence electrons. The van der Waals surface area contributed by atoms with Crippen molar-refractivity contribution in [2.24, 2.45) is 0 Å². The Kier molecular flexibility index (Phi) is 5.49. The van der Waals surface area contributed by atoms with Crippen molar-refractivity contribution in [2.45, 2.75) is 11.2 Å². The van der Waals surface area contributed by atoms with Gasteiger partial charge in [0.25, 0.3) is 0 Å². The maximum atomic E-state index is 5.34. The Labute approximate surface area is 136 Å². The second-order valence-electron chi connectivity index (χ2n) is 4.38. The number of rotatable bonds is 5. The Bertz CT molecular complexity index is 584. The van der Waals surface area contributed by atoms with Gasteiger partial charge < -0.3 is 9.47 Å². The molecule has 2 aromatic carbocycles. The van der Waals surface area contributed by atoms with Crippen LogP contribution in [0.3, 0.4) is 0 Å². The van der Waals surface area contributed by atoms with E-state index >= 15 is 0 Å². The molecule has 0 heterocycles. The number of alkyl halides is 1. The van der Waals surface area contributed by atoms with Crippen molar-refractivity contribution in [1.82, 2.24) is 0 Å².